The van der Waals surface area contributed by atoms with Crippen LogP contribution in [0.4, 0.5) is 13.2 Å². The van der Waals surface area contributed by atoms with Gasteiger partial charge in [0.1, 0.15) is 18.7 Å². The topological polar surface area (TPSA) is 51.1 Å². The van der Waals surface area contributed by atoms with Crippen LogP contribution in [0.1, 0.15) is 61.7 Å². The molecule has 2 aromatic carbocycles. The van der Waals surface area contributed by atoms with Crippen LogP contribution >= 0.6 is 0 Å². The molecule has 4 rings (SSSR count). The number of hydroxylamine groups is 2. The highest BCUT2D eigenvalue weighted by atomic mass is 19.4. The molecule has 0 spiro atoms. The number of ether oxygens (including phenoxy) is 1. The third-order valence-corrected chi connectivity index (χ3v) is 6.04. The normalized spacial score (nSPS) is 22.0. The van der Waals surface area contributed by atoms with Crippen LogP contribution in [0.15, 0.2) is 65.7 Å². The summed E-state index contributed by atoms with van der Waals surface area (Å²) in [4.78, 5) is 21.5. The number of amidine groups is 1. The molecule has 2 aliphatic rings. The third-order valence-electron chi connectivity index (χ3n) is 6.04. The number of rotatable bonds is 6. The van der Waals surface area contributed by atoms with Gasteiger partial charge in [0.2, 0.25) is 0 Å². The molecule has 33 heavy (non-hydrogen) atoms. The van der Waals surface area contributed by atoms with Crippen molar-refractivity contribution in [2.75, 3.05) is 6.61 Å². The Morgan fingerprint density at radius 1 is 0.909 bits per heavy atom. The lowest BCUT2D eigenvalue weighted by Crippen LogP contribution is -2.40. The minimum absolute atomic E-state index is 0.0151. The molecule has 0 saturated heterocycles. The molecule has 1 heterocycles. The number of halogens is 3. The van der Waals surface area contributed by atoms with Crippen molar-refractivity contribution in [1.82, 2.24) is 5.06 Å². The van der Waals surface area contributed by atoms with Gasteiger partial charge < -0.3 is 9.57 Å². The first-order valence-electron chi connectivity index (χ1n) is 11.3. The fraction of sp³-hybridized carbons (Fsp3) is 0.440. The molecule has 0 N–H and O–H groups in total. The summed E-state index contributed by atoms with van der Waals surface area (Å²) in [5, 5.41) is 1.000. The van der Waals surface area contributed by atoms with E-state index in [9.17, 15) is 18.0 Å². The second-order valence-corrected chi connectivity index (χ2v) is 8.38. The Bertz CT molecular complexity index is 942. The summed E-state index contributed by atoms with van der Waals surface area (Å²) in [6, 6.07) is 17.0. The van der Waals surface area contributed by atoms with Crippen molar-refractivity contribution in [3.63, 3.8) is 0 Å². The molecule has 0 aromatic heterocycles. The van der Waals surface area contributed by atoms with E-state index in [2.05, 4.69) is 0 Å². The second kappa shape index (κ2) is 10.4. The fourth-order valence-corrected chi connectivity index (χ4v) is 4.40. The Morgan fingerprint density at radius 2 is 1.48 bits per heavy atom. The number of nitrogens with zero attached hydrogens (tertiary/aromatic N) is 2. The quantitative estimate of drug-likeness (QED) is 0.501. The zero-order valence-electron chi connectivity index (χ0n) is 18.2. The molecule has 1 aliphatic carbocycles. The molecular formula is C25H27F3N2O3. The van der Waals surface area contributed by atoms with E-state index in [1.54, 1.807) is 24.3 Å². The first-order chi connectivity index (χ1) is 15.9. The van der Waals surface area contributed by atoms with Crippen molar-refractivity contribution in [3.05, 3.63) is 71.8 Å². The number of carbonyl (C=O) groups is 1. The van der Waals surface area contributed by atoms with E-state index in [-0.39, 0.29) is 18.5 Å². The van der Waals surface area contributed by atoms with E-state index < -0.39 is 24.2 Å². The lowest BCUT2D eigenvalue weighted by molar-refractivity contribution is -0.230. The van der Waals surface area contributed by atoms with Gasteiger partial charge in [-0.1, -0.05) is 86.3 Å². The third kappa shape index (κ3) is 5.74. The van der Waals surface area contributed by atoms with Crippen molar-refractivity contribution in [3.8, 4) is 0 Å². The summed E-state index contributed by atoms with van der Waals surface area (Å²) in [6.45, 7) is -0.0253. The molecule has 8 heteroatoms. The van der Waals surface area contributed by atoms with Crippen molar-refractivity contribution < 1.29 is 27.5 Å². The van der Waals surface area contributed by atoms with E-state index in [1.807, 2.05) is 36.4 Å². The van der Waals surface area contributed by atoms with Crippen LogP contribution < -0.4 is 0 Å². The average molecular weight is 460 g/mol. The standard InChI is InChI=1S/C25H27F3N2O3/c26-25(27,28)24(31)33-30-21(17-32-20-15-9-1-2-10-16-20)29-22(18-11-5-3-6-12-18)23(30)19-13-7-4-8-14-19/h3-8,11-14,20,22-23H,1-2,9-10,15-17H2. The van der Waals surface area contributed by atoms with Crippen molar-refractivity contribution in [2.24, 2.45) is 4.99 Å². The summed E-state index contributed by atoms with van der Waals surface area (Å²) < 4.78 is 45.5. The van der Waals surface area contributed by atoms with Crippen molar-refractivity contribution >= 4 is 11.8 Å². The van der Waals surface area contributed by atoms with Crippen LogP contribution in [0.3, 0.4) is 0 Å². The van der Waals surface area contributed by atoms with Gasteiger partial charge in [0.15, 0.2) is 5.84 Å². The Labute approximate surface area is 191 Å². The summed E-state index contributed by atoms with van der Waals surface area (Å²) in [6.07, 6.45) is 1.12. The summed E-state index contributed by atoms with van der Waals surface area (Å²) in [5.74, 6) is -2.10. The van der Waals surface area contributed by atoms with Gasteiger partial charge in [0.25, 0.3) is 0 Å². The highest BCUT2D eigenvalue weighted by molar-refractivity contribution is 5.87. The maximum Gasteiger partial charge on any atom is 0.493 e. The number of benzene rings is 2. The van der Waals surface area contributed by atoms with E-state index in [4.69, 9.17) is 14.6 Å². The first kappa shape index (κ1) is 23.3. The van der Waals surface area contributed by atoms with Crippen LogP contribution in [0.5, 0.6) is 0 Å². The van der Waals surface area contributed by atoms with Crippen LogP contribution in [-0.4, -0.2) is 35.8 Å². The molecule has 1 saturated carbocycles. The van der Waals surface area contributed by atoms with Gasteiger partial charge >= 0.3 is 12.1 Å². The number of carbonyl (C=O) groups excluding carboxylic acids is 1. The van der Waals surface area contributed by atoms with Gasteiger partial charge in [-0.25, -0.2) is 4.79 Å². The van der Waals surface area contributed by atoms with Gasteiger partial charge in [-0.05, 0) is 24.0 Å². The molecule has 1 fully saturated rings. The highest BCUT2D eigenvalue weighted by Gasteiger charge is 2.47. The number of hydrogen-bond donors (Lipinski definition) is 0. The van der Waals surface area contributed by atoms with Crippen molar-refractivity contribution in [2.45, 2.75) is 62.9 Å². The summed E-state index contributed by atoms with van der Waals surface area (Å²) in [5.41, 5.74) is 1.50. The van der Waals surface area contributed by atoms with E-state index in [0.717, 1.165) is 49.2 Å². The van der Waals surface area contributed by atoms with Crippen LogP contribution in [0.25, 0.3) is 0 Å². The van der Waals surface area contributed by atoms with Gasteiger partial charge in [-0.3, -0.25) is 4.99 Å². The summed E-state index contributed by atoms with van der Waals surface area (Å²) in [7, 11) is 0. The maximum absolute atomic E-state index is 13.1. The van der Waals surface area contributed by atoms with Gasteiger partial charge in [0.05, 0.1) is 6.10 Å². The predicted molar refractivity (Wildman–Crippen MR) is 117 cm³/mol. The monoisotopic (exact) mass is 460 g/mol. The van der Waals surface area contributed by atoms with Crippen LogP contribution in [-0.2, 0) is 14.4 Å². The van der Waals surface area contributed by atoms with E-state index in [1.165, 1.54) is 0 Å². The Kier molecular flexibility index (Phi) is 7.33. The molecule has 2 unspecified atom stereocenters. The molecule has 2 aromatic rings. The van der Waals surface area contributed by atoms with Crippen LogP contribution in [0.2, 0.25) is 0 Å². The maximum atomic E-state index is 13.1. The lowest BCUT2D eigenvalue weighted by atomic mass is 9.95. The molecule has 0 bridgehead atoms. The molecule has 2 atom stereocenters. The molecular weight excluding hydrogens is 433 g/mol. The molecule has 176 valence electrons. The van der Waals surface area contributed by atoms with Gasteiger partial charge in [-0.15, -0.1) is 0 Å². The predicted octanol–water partition coefficient (Wildman–Crippen LogP) is 5.94. The lowest BCUT2D eigenvalue weighted by Gasteiger charge is -2.29. The second-order valence-electron chi connectivity index (χ2n) is 8.38. The zero-order valence-corrected chi connectivity index (χ0v) is 18.2. The SMILES string of the molecule is O=C(ON1C(COC2CCCCCC2)=NC(c2ccccc2)C1c1ccccc1)C(F)(F)F. The smallest absolute Gasteiger partial charge is 0.370 e. The largest absolute Gasteiger partial charge is 0.493 e. The molecule has 0 radical (unpaired) electrons. The minimum Gasteiger partial charge on any atom is -0.370 e. The molecule has 1 aliphatic heterocycles. The van der Waals surface area contributed by atoms with Gasteiger partial charge in [0, 0.05) is 0 Å². The first-order valence-corrected chi connectivity index (χ1v) is 11.3. The summed E-state index contributed by atoms with van der Waals surface area (Å²) >= 11 is 0. The fourth-order valence-electron chi connectivity index (χ4n) is 4.40. The highest BCUT2D eigenvalue weighted by Crippen LogP contribution is 2.43. The molecule has 5 nitrogen and oxygen atoms in total. The number of hydrogen-bond acceptors (Lipinski definition) is 5. The zero-order chi connectivity index (χ0) is 23.3. The minimum atomic E-state index is -5.13. The molecule has 0 amide bonds. The number of alkyl halides is 3. The number of aliphatic imine (C=N–C) groups is 1. The average Bonchev–Trinajstić information content (AvgIpc) is 2.97. The Morgan fingerprint density at radius 3 is 2.06 bits per heavy atom. The van der Waals surface area contributed by atoms with Gasteiger partial charge in [-0.2, -0.15) is 18.2 Å². The van der Waals surface area contributed by atoms with Crippen molar-refractivity contribution in [1.29, 1.82) is 0 Å². The van der Waals surface area contributed by atoms with E-state index in [0.29, 0.717) is 5.56 Å². The van der Waals surface area contributed by atoms with E-state index >= 15 is 0 Å². The van der Waals surface area contributed by atoms with Crippen LogP contribution in [0, 0.1) is 0 Å². The Hall–Kier alpha value is -2.87. The Balaban J connectivity index is 1.66.